The Morgan fingerprint density at radius 3 is 2.42 bits per heavy atom. The smallest absolute Gasteiger partial charge is 0.295 e. The largest absolute Gasteiger partial charge is 0.507 e. The molecule has 33 heavy (non-hydrogen) atoms. The summed E-state index contributed by atoms with van der Waals surface area (Å²) >= 11 is 0. The van der Waals surface area contributed by atoms with Crippen molar-refractivity contribution in [2.24, 2.45) is 0 Å². The highest BCUT2D eigenvalue weighted by Crippen LogP contribution is 2.44. The van der Waals surface area contributed by atoms with Crippen molar-refractivity contribution in [3.63, 3.8) is 0 Å². The maximum atomic E-state index is 13.3. The van der Waals surface area contributed by atoms with Gasteiger partial charge < -0.3 is 14.7 Å². The van der Waals surface area contributed by atoms with Crippen molar-refractivity contribution in [1.29, 1.82) is 0 Å². The Balaban J connectivity index is 1.83. The van der Waals surface area contributed by atoms with E-state index in [2.05, 4.69) is 0 Å². The fourth-order valence-corrected chi connectivity index (χ4v) is 5.11. The number of benzene rings is 2. The zero-order chi connectivity index (χ0) is 23.5. The van der Waals surface area contributed by atoms with Gasteiger partial charge >= 0.3 is 0 Å². The van der Waals surface area contributed by atoms with Crippen LogP contribution < -0.4 is 4.74 Å². The van der Waals surface area contributed by atoms with Crippen molar-refractivity contribution < 1.29 is 19.4 Å². The number of ketones is 1. The molecule has 2 fully saturated rings. The molecule has 1 heterocycles. The van der Waals surface area contributed by atoms with Gasteiger partial charge in [0, 0.05) is 11.6 Å². The Kier molecular flexibility index (Phi) is 6.87. The topological polar surface area (TPSA) is 66.8 Å². The van der Waals surface area contributed by atoms with Crippen LogP contribution in [-0.4, -0.2) is 34.3 Å². The molecule has 0 spiro atoms. The Bertz CT molecular complexity index is 1080. The summed E-state index contributed by atoms with van der Waals surface area (Å²) in [6, 6.07) is 12.7. The number of hydrogen-bond acceptors (Lipinski definition) is 4. The van der Waals surface area contributed by atoms with E-state index >= 15 is 0 Å². The Labute approximate surface area is 196 Å². The van der Waals surface area contributed by atoms with Gasteiger partial charge in [-0.15, -0.1) is 0 Å². The maximum Gasteiger partial charge on any atom is 0.295 e. The van der Waals surface area contributed by atoms with Gasteiger partial charge in [0.05, 0.1) is 18.2 Å². The first-order valence-electron chi connectivity index (χ1n) is 12.0. The third-order valence-corrected chi connectivity index (χ3v) is 6.84. The number of aryl methyl sites for hydroxylation is 2. The van der Waals surface area contributed by atoms with Crippen molar-refractivity contribution in [3.05, 3.63) is 70.3 Å². The van der Waals surface area contributed by atoms with Gasteiger partial charge in [0.25, 0.3) is 11.7 Å². The summed E-state index contributed by atoms with van der Waals surface area (Å²) in [7, 11) is 0. The number of ether oxygens (including phenoxy) is 1. The van der Waals surface area contributed by atoms with Gasteiger partial charge in [0.2, 0.25) is 0 Å². The molecule has 5 heteroatoms. The minimum Gasteiger partial charge on any atom is -0.507 e. The zero-order valence-corrected chi connectivity index (χ0v) is 19.8. The predicted octanol–water partition coefficient (Wildman–Crippen LogP) is 5.85. The lowest BCUT2D eigenvalue weighted by Crippen LogP contribution is -2.40. The summed E-state index contributed by atoms with van der Waals surface area (Å²) in [5.41, 5.74) is 3.47. The fraction of sp³-hybridized carbons (Fsp3) is 0.429. The average Bonchev–Trinajstić information content (AvgIpc) is 3.09. The number of likely N-dealkylation sites (tertiary alicyclic amines) is 1. The van der Waals surface area contributed by atoms with Crippen LogP contribution in [-0.2, 0) is 9.59 Å². The number of aliphatic hydroxyl groups is 1. The number of aliphatic hydroxyl groups excluding tert-OH is 1. The van der Waals surface area contributed by atoms with Crippen LogP contribution in [0, 0.1) is 13.8 Å². The summed E-state index contributed by atoms with van der Waals surface area (Å²) in [4.78, 5) is 28.4. The second kappa shape index (κ2) is 9.82. The van der Waals surface area contributed by atoms with Crippen molar-refractivity contribution in [3.8, 4) is 5.75 Å². The summed E-state index contributed by atoms with van der Waals surface area (Å²) in [6.45, 7) is 6.57. The standard InChI is InChI=1S/C28H33NO4/c1-4-16-33-23-15-14-20(17-19(23)3)26(30)24-25(22-13-9-8-10-18(22)2)29(28(32)27(24)31)21-11-6-5-7-12-21/h8-10,13-15,17,21,25,30H,4-7,11-12,16H2,1-3H3/b26-24+. The molecular weight excluding hydrogens is 414 g/mol. The molecule has 1 saturated carbocycles. The molecule has 1 aliphatic heterocycles. The lowest BCUT2D eigenvalue weighted by atomic mass is 9.89. The fourth-order valence-electron chi connectivity index (χ4n) is 5.11. The molecule has 2 aliphatic rings. The highest BCUT2D eigenvalue weighted by Gasteiger charge is 2.49. The minimum absolute atomic E-state index is 0.0108. The molecule has 2 aromatic rings. The molecule has 1 atom stereocenters. The lowest BCUT2D eigenvalue weighted by Gasteiger charge is -2.36. The van der Waals surface area contributed by atoms with E-state index in [1.165, 1.54) is 0 Å². The number of nitrogens with zero attached hydrogens (tertiary/aromatic N) is 1. The molecule has 4 rings (SSSR count). The molecule has 1 saturated heterocycles. The second-order valence-corrected chi connectivity index (χ2v) is 9.18. The first-order valence-corrected chi connectivity index (χ1v) is 12.0. The predicted molar refractivity (Wildman–Crippen MR) is 129 cm³/mol. The van der Waals surface area contributed by atoms with Crippen LogP contribution in [0.1, 0.15) is 73.7 Å². The van der Waals surface area contributed by atoms with Crippen molar-refractivity contribution >= 4 is 17.4 Å². The summed E-state index contributed by atoms with van der Waals surface area (Å²) in [5, 5.41) is 11.4. The Morgan fingerprint density at radius 2 is 1.76 bits per heavy atom. The highest BCUT2D eigenvalue weighted by molar-refractivity contribution is 6.46. The van der Waals surface area contributed by atoms with Gasteiger partial charge in [0.15, 0.2) is 0 Å². The molecule has 1 amide bonds. The van der Waals surface area contributed by atoms with E-state index in [4.69, 9.17) is 4.74 Å². The minimum atomic E-state index is -0.602. The Hall–Kier alpha value is -3.08. The maximum absolute atomic E-state index is 13.3. The van der Waals surface area contributed by atoms with Crippen LogP contribution in [0.5, 0.6) is 5.75 Å². The van der Waals surface area contributed by atoms with E-state index < -0.39 is 17.7 Å². The molecule has 0 bridgehead atoms. The van der Waals surface area contributed by atoms with Crippen LogP contribution >= 0.6 is 0 Å². The number of amides is 1. The quantitative estimate of drug-likeness (QED) is 0.343. The van der Waals surface area contributed by atoms with E-state index in [1.54, 1.807) is 11.0 Å². The summed E-state index contributed by atoms with van der Waals surface area (Å²) in [6.07, 6.45) is 5.93. The molecule has 1 N–H and O–H groups in total. The van der Waals surface area contributed by atoms with Gasteiger partial charge in [0.1, 0.15) is 11.5 Å². The third kappa shape index (κ3) is 4.41. The van der Waals surface area contributed by atoms with Crippen molar-refractivity contribution in [2.75, 3.05) is 6.61 Å². The molecule has 0 aromatic heterocycles. The second-order valence-electron chi connectivity index (χ2n) is 9.18. The monoisotopic (exact) mass is 447 g/mol. The summed E-state index contributed by atoms with van der Waals surface area (Å²) < 4.78 is 5.76. The number of carbonyl (C=O) groups is 2. The highest BCUT2D eigenvalue weighted by atomic mass is 16.5. The molecule has 2 aromatic carbocycles. The van der Waals surface area contributed by atoms with E-state index in [1.807, 2.05) is 57.2 Å². The average molecular weight is 448 g/mol. The lowest BCUT2D eigenvalue weighted by molar-refractivity contribution is -0.141. The van der Waals surface area contributed by atoms with E-state index in [0.29, 0.717) is 12.2 Å². The van der Waals surface area contributed by atoms with Crippen LogP contribution in [0.4, 0.5) is 0 Å². The van der Waals surface area contributed by atoms with E-state index in [0.717, 1.165) is 61.0 Å². The number of hydrogen-bond donors (Lipinski definition) is 1. The SMILES string of the molecule is CCCOc1ccc(/C(O)=C2\C(=O)C(=O)N(C3CCCCC3)C2c2ccccc2C)cc1C. The van der Waals surface area contributed by atoms with Gasteiger partial charge in [-0.25, -0.2) is 0 Å². The number of Topliss-reactive ketones (excluding diaryl/α,β-unsaturated/α-hetero) is 1. The van der Waals surface area contributed by atoms with Crippen LogP contribution in [0.15, 0.2) is 48.0 Å². The molecule has 1 unspecified atom stereocenters. The van der Waals surface area contributed by atoms with E-state index in [-0.39, 0.29) is 17.4 Å². The van der Waals surface area contributed by atoms with Crippen molar-refractivity contribution in [2.45, 2.75) is 71.4 Å². The summed E-state index contributed by atoms with van der Waals surface area (Å²) in [5.74, 6) is -0.469. The van der Waals surface area contributed by atoms with Gasteiger partial charge in [-0.2, -0.15) is 0 Å². The third-order valence-electron chi connectivity index (χ3n) is 6.84. The van der Waals surface area contributed by atoms with Gasteiger partial charge in [-0.3, -0.25) is 9.59 Å². The van der Waals surface area contributed by atoms with Crippen LogP contribution in [0.25, 0.3) is 5.76 Å². The first kappa shape index (κ1) is 23.1. The van der Waals surface area contributed by atoms with Crippen molar-refractivity contribution in [1.82, 2.24) is 4.90 Å². The van der Waals surface area contributed by atoms with Crippen LogP contribution in [0.2, 0.25) is 0 Å². The first-order chi connectivity index (χ1) is 15.9. The van der Waals surface area contributed by atoms with Crippen LogP contribution in [0.3, 0.4) is 0 Å². The van der Waals surface area contributed by atoms with E-state index in [9.17, 15) is 14.7 Å². The Morgan fingerprint density at radius 1 is 1.03 bits per heavy atom. The van der Waals surface area contributed by atoms with Gasteiger partial charge in [-0.1, -0.05) is 50.5 Å². The molecule has 0 radical (unpaired) electrons. The zero-order valence-electron chi connectivity index (χ0n) is 19.8. The number of carbonyl (C=O) groups excluding carboxylic acids is 2. The normalized spacial score (nSPS) is 20.9. The molecule has 1 aliphatic carbocycles. The number of rotatable bonds is 6. The molecular formula is C28H33NO4. The van der Waals surface area contributed by atoms with Gasteiger partial charge in [-0.05, 0) is 68.0 Å². The molecule has 174 valence electrons. The molecule has 5 nitrogen and oxygen atoms in total.